The van der Waals surface area contributed by atoms with Crippen molar-refractivity contribution in [3.8, 4) is 11.3 Å². The van der Waals surface area contributed by atoms with E-state index >= 15 is 0 Å². The fourth-order valence-corrected chi connectivity index (χ4v) is 8.21. The van der Waals surface area contributed by atoms with Gasteiger partial charge in [-0.1, -0.05) is 48.5 Å². The minimum atomic E-state index is -1.02. The van der Waals surface area contributed by atoms with Crippen molar-refractivity contribution in [1.29, 1.82) is 0 Å². The number of fused-ring (bicyclic) bond motifs is 1. The molecule has 4 aromatic rings. The summed E-state index contributed by atoms with van der Waals surface area (Å²) in [6.07, 6.45) is 7.99. The van der Waals surface area contributed by atoms with Gasteiger partial charge in [-0.05, 0) is 68.4 Å². The number of piperidine rings is 2. The fourth-order valence-electron chi connectivity index (χ4n) is 8.21. The van der Waals surface area contributed by atoms with E-state index in [1.165, 1.54) is 0 Å². The summed E-state index contributed by atoms with van der Waals surface area (Å²) in [7, 11) is 0. The molecule has 0 aliphatic carbocycles. The van der Waals surface area contributed by atoms with E-state index in [1.54, 1.807) is 41.7 Å². The first-order valence-corrected chi connectivity index (χ1v) is 20.2. The third-order valence-corrected chi connectivity index (χ3v) is 11.4. The average molecular weight is 796 g/mol. The molecule has 2 fully saturated rings. The molecule has 15 heteroatoms. The van der Waals surface area contributed by atoms with E-state index in [0.717, 1.165) is 53.2 Å². The molecule has 0 spiro atoms. The van der Waals surface area contributed by atoms with Crippen LogP contribution in [0.15, 0.2) is 90.3 Å². The number of nitrogens with zero attached hydrogens (tertiary/aromatic N) is 6. The van der Waals surface area contributed by atoms with Gasteiger partial charge < -0.3 is 15.5 Å². The Hall–Kier alpha value is -6.77. The molecule has 15 nitrogen and oxygen atoms in total. The van der Waals surface area contributed by atoms with E-state index in [0.29, 0.717) is 50.3 Å². The van der Waals surface area contributed by atoms with Crippen LogP contribution < -0.4 is 20.9 Å². The molecule has 2 unspecified atom stereocenters. The third kappa shape index (κ3) is 8.31. The van der Waals surface area contributed by atoms with Crippen molar-refractivity contribution in [2.24, 2.45) is 11.0 Å². The second-order valence-corrected chi connectivity index (χ2v) is 15.2. The van der Waals surface area contributed by atoms with Crippen molar-refractivity contribution in [2.75, 3.05) is 36.4 Å². The predicted octanol–water partition coefficient (Wildman–Crippen LogP) is 4.73. The lowest BCUT2D eigenvalue weighted by Crippen LogP contribution is -2.54. The van der Waals surface area contributed by atoms with Gasteiger partial charge in [0, 0.05) is 74.0 Å². The Kier molecular flexibility index (Phi) is 11.5. The van der Waals surface area contributed by atoms with Crippen molar-refractivity contribution < 1.29 is 28.8 Å². The molecule has 3 aromatic carbocycles. The number of aromatic nitrogens is 2. The molecule has 2 atom stereocenters. The molecule has 0 saturated carbocycles. The summed E-state index contributed by atoms with van der Waals surface area (Å²) in [4.78, 5) is 89.0. The fraction of sp³-hybridized carbons (Fsp3) is 0.341. The molecule has 0 radical (unpaired) electrons. The number of carbonyl (C=O) groups is 6. The van der Waals surface area contributed by atoms with Crippen LogP contribution in [0.3, 0.4) is 0 Å². The van der Waals surface area contributed by atoms with Crippen molar-refractivity contribution >= 4 is 53.2 Å². The van der Waals surface area contributed by atoms with Crippen LogP contribution in [0.2, 0.25) is 0 Å². The van der Waals surface area contributed by atoms with Gasteiger partial charge in [0.1, 0.15) is 18.2 Å². The van der Waals surface area contributed by atoms with Crippen LogP contribution in [0.1, 0.15) is 94.0 Å². The highest BCUT2D eigenvalue weighted by Gasteiger charge is 2.45. The predicted molar refractivity (Wildman–Crippen MR) is 219 cm³/mol. The number of carbonyl (C=O) groups excluding carboxylic acids is 6. The van der Waals surface area contributed by atoms with E-state index in [4.69, 9.17) is 0 Å². The molecule has 59 heavy (non-hydrogen) atoms. The normalized spacial score (nSPS) is 19.2. The van der Waals surface area contributed by atoms with Crippen LogP contribution in [-0.2, 0) is 14.4 Å². The van der Waals surface area contributed by atoms with Gasteiger partial charge in [-0.25, -0.2) is 15.0 Å². The zero-order valence-electron chi connectivity index (χ0n) is 32.5. The first-order valence-electron chi connectivity index (χ1n) is 20.2. The number of hydrogen-bond donors (Lipinski definition) is 3. The van der Waals surface area contributed by atoms with Crippen LogP contribution >= 0.6 is 0 Å². The highest BCUT2D eigenvalue weighted by molar-refractivity contribution is 6.25. The number of hydrogen-bond acceptors (Lipinski definition) is 11. The highest BCUT2D eigenvalue weighted by Crippen LogP contribution is 2.34. The zero-order valence-corrected chi connectivity index (χ0v) is 32.5. The van der Waals surface area contributed by atoms with Crippen molar-refractivity contribution in [1.82, 2.24) is 30.5 Å². The van der Waals surface area contributed by atoms with Gasteiger partial charge in [0.2, 0.25) is 17.7 Å². The standard InChI is InChI=1S/C44H45N9O6/c54-38-17-16-36(41(56)50-38)52-43(58)32-10-7-11-33(39(32)44(52)59)45-21-5-2-6-22-46-40(55)30-14-12-28(13-15-30)34-26-37(48-27-47-34)51-24-19-31(20-25-51)42(57)53-35(18-23-49-53)29-8-3-1-4-9-29/h1,3-4,7-15,23,26-27,31,35-36,45H,2,5-6,16-22,24-25H2,(H,46,55)(H,50,54,56). The van der Waals surface area contributed by atoms with E-state index in [-0.39, 0.29) is 47.7 Å². The number of hydrazone groups is 1. The van der Waals surface area contributed by atoms with Gasteiger partial charge in [-0.15, -0.1) is 0 Å². The second kappa shape index (κ2) is 17.4. The first-order chi connectivity index (χ1) is 28.8. The van der Waals surface area contributed by atoms with Crippen molar-refractivity contribution in [2.45, 2.75) is 63.5 Å². The summed E-state index contributed by atoms with van der Waals surface area (Å²) in [5.74, 6) is -1.55. The number of imide groups is 2. The van der Waals surface area contributed by atoms with Crippen LogP contribution in [0, 0.1) is 5.92 Å². The number of nitrogens with one attached hydrogen (secondary N) is 3. The number of amides is 6. The second-order valence-electron chi connectivity index (χ2n) is 15.2. The molecule has 3 N–H and O–H groups in total. The lowest BCUT2D eigenvalue weighted by atomic mass is 9.94. The highest BCUT2D eigenvalue weighted by atomic mass is 16.2. The number of unbranched alkanes of at least 4 members (excludes halogenated alkanes) is 2. The summed E-state index contributed by atoms with van der Waals surface area (Å²) >= 11 is 0. The molecule has 2 saturated heterocycles. The Bertz CT molecular complexity index is 2290. The molecular formula is C44H45N9O6. The lowest BCUT2D eigenvalue weighted by molar-refractivity contribution is -0.138. The van der Waals surface area contributed by atoms with Crippen molar-refractivity contribution in [3.05, 3.63) is 107 Å². The third-order valence-electron chi connectivity index (χ3n) is 11.4. The number of rotatable bonds is 13. The van der Waals surface area contributed by atoms with E-state index in [9.17, 15) is 28.8 Å². The Labute approximate surface area is 341 Å². The van der Waals surface area contributed by atoms with Gasteiger partial charge in [0.25, 0.3) is 17.7 Å². The Morgan fingerprint density at radius 3 is 2.36 bits per heavy atom. The Morgan fingerprint density at radius 1 is 0.797 bits per heavy atom. The molecule has 302 valence electrons. The van der Waals surface area contributed by atoms with Gasteiger partial charge in [-0.2, -0.15) is 5.10 Å². The van der Waals surface area contributed by atoms with E-state index < -0.39 is 29.7 Å². The Morgan fingerprint density at radius 2 is 1.58 bits per heavy atom. The minimum absolute atomic E-state index is 0.0538. The molecule has 4 aliphatic rings. The molecule has 5 heterocycles. The lowest BCUT2D eigenvalue weighted by Gasteiger charge is -2.34. The Balaban J connectivity index is 0.765. The maximum Gasteiger partial charge on any atom is 0.264 e. The smallest absolute Gasteiger partial charge is 0.264 e. The van der Waals surface area contributed by atoms with Crippen LogP contribution in [0.4, 0.5) is 11.5 Å². The van der Waals surface area contributed by atoms with Gasteiger partial charge in [0.15, 0.2) is 0 Å². The molecule has 1 aromatic heterocycles. The summed E-state index contributed by atoms with van der Waals surface area (Å²) in [5, 5.41) is 14.6. The SMILES string of the molecule is O=C1CCC(N2C(=O)c3cccc(NCCCCCNC(=O)c4ccc(-c5cc(N6CCC(C(=O)N7N=CCC7c7ccccc7)CC6)ncn5)cc4)c3C2=O)C(=O)N1. The van der Waals surface area contributed by atoms with Gasteiger partial charge >= 0.3 is 0 Å². The quantitative estimate of drug-likeness (QED) is 0.126. The number of benzene rings is 3. The maximum absolute atomic E-state index is 13.5. The van der Waals surface area contributed by atoms with Crippen LogP contribution in [-0.4, -0.2) is 93.8 Å². The topological polar surface area (TPSA) is 186 Å². The summed E-state index contributed by atoms with van der Waals surface area (Å²) in [6.45, 7) is 2.42. The van der Waals surface area contributed by atoms with Gasteiger partial charge in [-0.3, -0.25) is 39.0 Å². The van der Waals surface area contributed by atoms with Crippen LogP contribution in [0.25, 0.3) is 11.3 Å². The molecular weight excluding hydrogens is 751 g/mol. The van der Waals surface area contributed by atoms with E-state index in [2.05, 4.69) is 35.9 Å². The molecule has 8 rings (SSSR count). The summed E-state index contributed by atoms with van der Waals surface area (Å²) in [6, 6.07) is 23.2. The number of anilines is 2. The minimum Gasteiger partial charge on any atom is -0.384 e. The average Bonchev–Trinajstić information content (AvgIpc) is 3.86. The van der Waals surface area contributed by atoms with Crippen LogP contribution in [0.5, 0.6) is 0 Å². The van der Waals surface area contributed by atoms with Gasteiger partial charge in [0.05, 0.1) is 22.9 Å². The largest absolute Gasteiger partial charge is 0.384 e. The molecule has 6 amide bonds. The molecule has 4 aliphatic heterocycles. The van der Waals surface area contributed by atoms with E-state index in [1.807, 2.05) is 54.7 Å². The molecule has 0 bridgehead atoms. The first kappa shape index (κ1) is 39.1. The summed E-state index contributed by atoms with van der Waals surface area (Å²) < 4.78 is 0. The van der Waals surface area contributed by atoms with Crippen molar-refractivity contribution in [3.63, 3.8) is 0 Å². The maximum atomic E-state index is 13.5. The zero-order chi connectivity index (χ0) is 40.9. The monoisotopic (exact) mass is 795 g/mol. The summed E-state index contributed by atoms with van der Waals surface area (Å²) in [5.41, 5.74) is 4.22.